The lowest BCUT2D eigenvalue weighted by Crippen LogP contribution is -2.45. The molecule has 3 rings (SSSR count). The summed E-state index contributed by atoms with van der Waals surface area (Å²) in [5.41, 5.74) is -0.269. The molecule has 0 saturated carbocycles. The van der Waals surface area contributed by atoms with Gasteiger partial charge in [-0.25, -0.2) is 0 Å². The third-order valence-electron chi connectivity index (χ3n) is 4.36. The second-order valence-corrected chi connectivity index (χ2v) is 5.83. The number of carbonyl (C=O) groups is 1. The summed E-state index contributed by atoms with van der Waals surface area (Å²) in [7, 11) is 0. The number of ether oxygens (including phenoxy) is 1. The molecule has 0 radical (unpaired) electrons. The number of amides is 1. The number of para-hydroxylation sites is 1. The van der Waals surface area contributed by atoms with Crippen molar-refractivity contribution in [3.05, 3.63) is 42.0 Å². The summed E-state index contributed by atoms with van der Waals surface area (Å²) in [6.07, 6.45) is 7.32. The Morgan fingerprint density at radius 1 is 1.38 bits per heavy atom. The molecule has 1 aromatic carbocycles. The predicted molar refractivity (Wildman–Crippen MR) is 79.9 cm³/mol. The zero-order chi connectivity index (χ0) is 14.7. The number of hydrogen-bond acceptors (Lipinski definition) is 3. The molecule has 0 bridgehead atoms. The van der Waals surface area contributed by atoms with Crippen LogP contribution in [0.3, 0.4) is 0 Å². The van der Waals surface area contributed by atoms with Gasteiger partial charge in [-0.3, -0.25) is 4.79 Å². The van der Waals surface area contributed by atoms with Crippen molar-refractivity contribution in [3.63, 3.8) is 0 Å². The van der Waals surface area contributed by atoms with Crippen molar-refractivity contribution in [1.82, 2.24) is 5.32 Å². The fourth-order valence-corrected chi connectivity index (χ4v) is 3.03. The van der Waals surface area contributed by atoms with Gasteiger partial charge in [0.05, 0.1) is 13.2 Å². The maximum absolute atomic E-state index is 12.2. The predicted octanol–water partition coefficient (Wildman–Crippen LogP) is 2.13. The minimum Gasteiger partial charge on any atom is -0.493 e. The molecular formula is C17H21NO3. The number of allylic oxidation sites excluding steroid dienone is 2. The van der Waals surface area contributed by atoms with E-state index < -0.39 is 5.60 Å². The molecule has 21 heavy (non-hydrogen) atoms. The normalized spacial score (nSPS) is 27.6. The molecule has 1 amide bonds. The van der Waals surface area contributed by atoms with Crippen LogP contribution < -0.4 is 10.1 Å². The first-order chi connectivity index (χ1) is 10.2. The number of benzene rings is 1. The van der Waals surface area contributed by atoms with Crippen molar-refractivity contribution < 1.29 is 14.6 Å². The van der Waals surface area contributed by atoms with Crippen LogP contribution >= 0.6 is 0 Å². The highest BCUT2D eigenvalue weighted by Crippen LogP contribution is 2.36. The monoisotopic (exact) mass is 287 g/mol. The Hall–Kier alpha value is -1.81. The molecule has 1 heterocycles. The van der Waals surface area contributed by atoms with Crippen molar-refractivity contribution in [1.29, 1.82) is 0 Å². The second kappa shape index (κ2) is 5.90. The molecule has 0 aromatic heterocycles. The van der Waals surface area contributed by atoms with Crippen molar-refractivity contribution >= 4 is 5.91 Å². The Bertz CT molecular complexity index is 555. The smallest absolute Gasteiger partial charge is 0.223 e. The van der Waals surface area contributed by atoms with Crippen LogP contribution in [0.15, 0.2) is 36.4 Å². The van der Waals surface area contributed by atoms with Gasteiger partial charge in [-0.2, -0.15) is 0 Å². The maximum Gasteiger partial charge on any atom is 0.223 e. The first-order valence-electron chi connectivity index (χ1n) is 7.56. The highest BCUT2D eigenvalue weighted by atomic mass is 16.5. The maximum atomic E-state index is 12.2. The molecule has 2 aliphatic rings. The van der Waals surface area contributed by atoms with Crippen LogP contribution in [0.2, 0.25) is 0 Å². The Morgan fingerprint density at radius 3 is 3.05 bits per heavy atom. The van der Waals surface area contributed by atoms with Gasteiger partial charge in [0.2, 0.25) is 5.91 Å². The molecule has 1 aromatic rings. The topological polar surface area (TPSA) is 58.6 Å². The van der Waals surface area contributed by atoms with Gasteiger partial charge in [0.15, 0.2) is 0 Å². The van der Waals surface area contributed by atoms with Crippen molar-refractivity contribution in [2.45, 2.75) is 31.3 Å². The first-order valence-corrected chi connectivity index (χ1v) is 7.56. The SMILES string of the molecule is O=C(NC[C@]1(O)CCOc2ccccc21)[C@H]1CC=CCC1. The minimum absolute atomic E-state index is 0.0358. The lowest BCUT2D eigenvalue weighted by molar-refractivity contribution is -0.127. The van der Waals surface area contributed by atoms with E-state index >= 15 is 0 Å². The number of aliphatic hydroxyl groups is 1. The fraction of sp³-hybridized carbons (Fsp3) is 0.471. The van der Waals surface area contributed by atoms with E-state index in [4.69, 9.17) is 4.74 Å². The molecule has 4 heteroatoms. The molecule has 4 nitrogen and oxygen atoms in total. The van der Waals surface area contributed by atoms with Crippen LogP contribution in [-0.4, -0.2) is 24.2 Å². The molecule has 0 saturated heterocycles. The summed E-state index contributed by atoms with van der Waals surface area (Å²) in [4.78, 5) is 12.2. The van der Waals surface area contributed by atoms with Gasteiger partial charge >= 0.3 is 0 Å². The van der Waals surface area contributed by atoms with E-state index in [1.165, 1.54) is 0 Å². The van der Waals surface area contributed by atoms with Crippen molar-refractivity contribution in [2.75, 3.05) is 13.2 Å². The van der Waals surface area contributed by atoms with Crippen LogP contribution in [-0.2, 0) is 10.4 Å². The van der Waals surface area contributed by atoms with Gasteiger partial charge < -0.3 is 15.2 Å². The van der Waals surface area contributed by atoms with Crippen molar-refractivity contribution in [2.24, 2.45) is 5.92 Å². The van der Waals surface area contributed by atoms with Crippen LogP contribution in [0.5, 0.6) is 5.75 Å². The van der Waals surface area contributed by atoms with E-state index in [9.17, 15) is 9.90 Å². The Labute approximate surface area is 124 Å². The number of rotatable bonds is 3. The summed E-state index contributed by atoms with van der Waals surface area (Å²) in [5.74, 6) is 0.784. The Kier molecular flexibility index (Phi) is 3.97. The van der Waals surface area contributed by atoms with Crippen LogP contribution in [0.25, 0.3) is 0 Å². The van der Waals surface area contributed by atoms with E-state index in [0.717, 1.165) is 24.8 Å². The molecule has 0 fully saturated rings. The van der Waals surface area contributed by atoms with E-state index in [2.05, 4.69) is 17.5 Å². The van der Waals surface area contributed by atoms with Gasteiger partial charge in [0, 0.05) is 17.9 Å². The van der Waals surface area contributed by atoms with Gasteiger partial charge in [-0.05, 0) is 25.3 Å². The van der Waals surface area contributed by atoms with Crippen LogP contribution in [0.4, 0.5) is 0 Å². The van der Waals surface area contributed by atoms with E-state index in [1.54, 1.807) is 0 Å². The number of fused-ring (bicyclic) bond motifs is 1. The molecule has 2 atom stereocenters. The second-order valence-electron chi connectivity index (χ2n) is 5.83. The van der Waals surface area contributed by atoms with Gasteiger partial charge in [0.1, 0.15) is 11.4 Å². The molecule has 0 unspecified atom stereocenters. The summed E-state index contributed by atoms with van der Waals surface area (Å²) >= 11 is 0. The largest absolute Gasteiger partial charge is 0.493 e. The lowest BCUT2D eigenvalue weighted by Gasteiger charge is -2.34. The molecule has 0 spiro atoms. The number of nitrogens with one attached hydrogen (secondary N) is 1. The lowest BCUT2D eigenvalue weighted by atomic mass is 9.87. The summed E-state index contributed by atoms with van der Waals surface area (Å²) in [6.45, 7) is 0.710. The van der Waals surface area contributed by atoms with E-state index in [1.807, 2.05) is 24.3 Å². The number of hydrogen-bond donors (Lipinski definition) is 2. The van der Waals surface area contributed by atoms with Crippen LogP contribution in [0, 0.1) is 5.92 Å². The molecule has 1 aliphatic carbocycles. The van der Waals surface area contributed by atoms with Gasteiger partial charge in [-0.15, -0.1) is 0 Å². The van der Waals surface area contributed by atoms with Gasteiger partial charge in [0.25, 0.3) is 0 Å². The molecule has 1 aliphatic heterocycles. The molecular weight excluding hydrogens is 266 g/mol. The van der Waals surface area contributed by atoms with Gasteiger partial charge in [-0.1, -0.05) is 30.4 Å². The fourth-order valence-electron chi connectivity index (χ4n) is 3.03. The minimum atomic E-state index is -1.03. The standard InChI is InChI=1S/C17H21NO3/c19-16(13-6-2-1-3-7-13)18-12-17(20)10-11-21-15-9-5-4-8-14(15)17/h1-2,4-5,8-9,13,20H,3,6-7,10-12H2,(H,18,19)/t13-,17+/m0/s1. The third-order valence-corrected chi connectivity index (χ3v) is 4.36. The van der Waals surface area contributed by atoms with E-state index in [0.29, 0.717) is 18.8 Å². The Morgan fingerprint density at radius 2 is 2.24 bits per heavy atom. The highest BCUT2D eigenvalue weighted by molar-refractivity contribution is 5.79. The summed E-state index contributed by atoms with van der Waals surface area (Å²) in [5, 5.41) is 13.8. The highest BCUT2D eigenvalue weighted by Gasteiger charge is 2.36. The first kappa shape index (κ1) is 14.1. The van der Waals surface area contributed by atoms with Crippen LogP contribution in [0.1, 0.15) is 31.2 Å². The molecule has 112 valence electrons. The van der Waals surface area contributed by atoms with E-state index in [-0.39, 0.29) is 18.4 Å². The zero-order valence-corrected chi connectivity index (χ0v) is 12.0. The zero-order valence-electron chi connectivity index (χ0n) is 12.0. The average molecular weight is 287 g/mol. The average Bonchev–Trinajstić information content (AvgIpc) is 2.54. The Balaban J connectivity index is 1.67. The summed E-state index contributed by atoms with van der Waals surface area (Å²) < 4.78 is 5.56. The number of carbonyl (C=O) groups excluding carboxylic acids is 1. The quantitative estimate of drug-likeness (QED) is 0.837. The third kappa shape index (κ3) is 2.95. The van der Waals surface area contributed by atoms with Crippen molar-refractivity contribution in [3.8, 4) is 5.75 Å². The molecule has 2 N–H and O–H groups in total. The summed E-state index contributed by atoms with van der Waals surface area (Å²) in [6, 6.07) is 7.49.